The first-order chi connectivity index (χ1) is 8.25. The summed E-state index contributed by atoms with van der Waals surface area (Å²) in [6.07, 6.45) is 5.45. The predicted octanol–water partition coefficient (Wildman–Crippen LogP) is 4.28. The summed E-state index contributed by atoms with van der Waals surface area (Å²) in [6.45, 7) is 8.66. The van der Waals surface area contributed by atoms with Gasteiger partial charge in [0.2, 0.25) is 0 Å². The summed E-state index contributed by atoms with van der Waals surface area (Å²) in [5.74, 6) is 0.466. The fourth-order valence-electron chi connectivity index (χ4n) is 1.78. The molecule has 0 aliphatic heterocycles. The van der Waals surface area contributed by atoms with Gasteiger partial charge in [0.05, 0.1) is 5.51 Å². The first-order valence-corrected chi connectivity index (χ1v) is 7.29. The fraction of sp³-hybridized carbons (Fsp3) is 0.643. The van der Waals surface area contributed by atoms with E-state index in [1.165, 1.54) is 30.4 Å². The lowest BCUT2D eigenvalue weighted by Crippen LogP contribution is -2.12. The predicted molar refractivity (Wildman–Crippen MR) is 76.3 cm³/mol. The Hall–Kier alpha value is -0.670. The van der Waals surface area contributed by atoms with E-state index in [0.717, 1.165) is 0 Å². The highest BCUT2D eigenvalue weighted by Crippen LogP contribution is 2.28. The molecule has 1 aromatic rings. The molecule has 0 saturated carbocycles. The Morgan fingerprint density at radius 3 is 2.47 bits per heavy atom. The van der Waals surface area contributed by atoms with Crippen molar-refractivity contribution in [2.45, 2.75) is 47.0 Å². The summed E-state index contributed by atoms with van der Waals surface area (Å²) in [5.41, 5.74) is 4.71. The minimum Gasteiger partial charge on any atom is -0.396 e. The Balaban J connectivity index is 0.000000306. The molecule has 1 unspecified atom stereocenters. The van der Waals surface area contributed by atoms with Gasteiger partial charge in [-0.25, -0.2) is 0 Å². The van der Waals surface area contributed by atoms with Crippen molar-refractivity contribution in [1.29, 1.82) is 0 Å². The molecule has 0 amide bonds. The van der Waals surface area contributed by atoms with Crippen LogP contribution in [0.3, 0.4) is 0 Å². The number of rotatable bonds is 1. The zero-order valence-electron chi connectivity index (χ0n) is 11.4. The maximum atomic E-state index is 8.95. The minimum atomic E-state index is 0.336. The molecule has 1 atom stereocenters. The molecular formula is C14H25NOS. The molecule has 98 valence electrons. The Labute approximate surface area is 109 Å². The SMILES string of the molecule is CC.CC1=C(C)C(CO)CCC1.c1cscn1. The molecule has 1 aliphatic rings. The fourth-order valence-corrected chi connectivity index (χ4v) is 2.13. The van der Waals surface area contributed by atoms with Crippen LogP contribution in [0.1, 0.15) is 47.0 Å². The maximum absolute atomic E-state index is 8.95. The van der Waals surface area contributed by atoms with Gasteiger partial charge in [0.15, 0.2) is 0 Å². The summed E-state index contributed by atoms with van der Waals surface area (Å²) < 4.78 is 0. The summed E-state index contributed by atoms with van der Waals surface area (Å²) >= 11 is 1.60. The number of aliphatic hydroxyl groups is 1. The van der Waals surface area contributed by atoms with E-state index < -0.39 is 0 Å². The average Bonchev–Trinajstić information content (AvgIpc) is 2.94. The van der Waals surface area contributed by atoms with Gasteiger partial charge in [-0.05, 0) is 33.1 Å². The van der Waals surface area contributed by atoms with Gasteiger partial charge in [0, 0.05) is 24.1 Å². The van der Waals surface area contributed by atoms with Crippen molar-refractivity contribution in [2.24, 2.45) is 5.92 Å². The summed E-state index contributed by atoms with van der Waals surface area (Å²) in [5, 5.41) is 10.9. The zero-order chi connectivity index (χ0) is 13.1. The van der Waals surface area contributed by atoms with Crippen LogP contribution in [-0.2, 0) is 0 Å². The number of aliphatic hydroxyl groups excluding tert-OH is 1. The quantitative estimate of drug-likeness (QED) is 0.760. The van der Waals surface area contributed by atoms with Crippen LogP contribution in [0.4, 0.5) is 0 Å². The molecule has 1 aliphatic carbocycles. The van der Waals surface area contributed by atoms with Crippen molar-refractivity contribution in [3.05, 3.63) is 28.2 Å². The molecule has 0 radical (unpaired) electrons. The van der Waals surface area contributed by atoms with Crippen molar-refractivity contribution in [3.63, 3.8) is 0 Å². The lowest BCUT2D eigenvalue weighted by Gasteiger charge is -2.22. The second-order valence-electron chi connectivity index (χ2n) is 3.91. The molecule has 2 nitrogen and oxygen atoms in total. The van der Waals surface area contributed by atoms with E-state index in [4.69, 9.17) is 5.11 Å². The van der Waals surface area contributed by atoms with Gasteiger partial charge in [-0.1, -0.05) is 25.0 Å². The molecule has 1 heterocycles. The van der Waals surface area contributed by atoms with Crippen LogP contribution in [0.15, 0.2) is 28.2 Å². The summed E-state index contributed by atoms with van der Waals surface area (Å²) in [7, 11) is 0. The molecule has 0 spiro atoms. The van der Waals surface area contributed by atoms with Crippen molar-refractivity contribution in [2.75, 3.05) is 6.61 Å². The van der Waals surface area contributed by atoms with Crippen LogP contribution >= 0.6 is 11.3 Å². The Kier molecular flexibility index (Phi) is 10.1. The standard InChI is InChI=1S/C9H16O.C3H3NS.C2H6/c1-7-4-3-5-9(6-10)8(7)2;1-2-5-3-4-1;1-2/h9-10H,3-6H2,1-2H3;1-3H;1-2H3. The van der Waals surface area contributed by atoms with Crippen LogP contribution < -0.4 is 0 Å². The van der Waals surface area contributed by atoms with E-state index in [-0.39, 0.29) is 0 Å². The second-order valence-corrected chi connectivity index (χ2v) is 4.67. The topological polar surface area (TPSA) is 33.1 Å². The highest BCUT2D eigenvalue weighted by molar-refractivity contribution is 7.07. The number of allylic oxidation sites excluding steroid dienone is 1. The van der Waals surface area contributed by atoms with Gasteiger partial charge in [0.25, 0.3) is 0 Å². The Morgan fingerprint density at radius 1 is 1.41 bits per heavy atom. The third kappa shape index (κ3) is 6.59. The zero-order valence-corrected chi connectivity index (χ0v) is 12.3. The first kappa shape index (κ1) is 16.3. The van der Waals surface area contributed by atoms with E-state index in [1.54, 1.807) is 23.0 Å². The lowest BCUT2D eigenvalue weighted by molar-refractivity contribution is 0.232. The Bertz CT molecular complexity index is 276. The highest BCUT2D eigenvalue weighted by Gasteiger charge is 2.15. The van der Waals surface area contributed by atoms with Gasteiger partial charge in [-0.2, -0.15) is 0 Å². The first-order valence-electron chi connectivity index (χ1n) is 6.35. The van der Waals surface area contributed by atoms with E-state index >= 15 is 0 Å². The molecule has 2 rings (SSSR count). The third-order valence-corrected chi connectivity index (χ3v) is 3.48. The lowest BCUT2D eigenvalue weighted by atomic mass is 9.85. The van der Waals surface area contributed by atoms with Crippen LogP contribution in [0.2, 0.25) is 0 Å². The Morgan fingerprint density at radius 2 is 2.12 bits per heavy atom. The smallest absolute Gasteiger partial charge is 0.0791 e. The minimum absolute atomic E-state index is 0.336. The van der Waals surface area contributed by atoms with Gasteiger partial charge in [0.1, 0.15) is 0 Å². The number of nitrogens with zero attached hydrogens (tertiary/aromatic N) is 1. The largest absolute Gasteiger partial charge is 0.396 e. The van der Waals surface area contributed by atoms with Gasteiger partial charge < -0.3 is 5.11 Å². The van der Waals surface area contributed by atoms with E-state index in [1.807, 2.05) is 19.2 Å². The average molecular weight is 255 g/mol. The van der Waals surface area contributed by atoms with Gasteiger partial charge >= 0.3 is 0 Å². The monoisotopic (exact) mass is 255 g/mol. The van der Waals surface area contributed by atoms with Crippen molar-refractivity contribution in [3.8, 4) is 0 Å². The number of hydrogen-bond donors (Lipinski definition) is 1. The van der Waals surface area contributed by atoms with Gasteiger partial charge in [-0.15, -0.1) is 11.3 Å². The molecule has 0 fully saturated rings. The molecule has 3 heteroatoms. The van der Waals surface area contributed by atoms with E-state index in [2.05, 4.69) is 18.8 Å². The molecule has 0 bridgehead atoms. The molecule has 0 aromatic carbocycles. The third-order valence-electron chi connectivity index (χ3n) is 2.96. The van der Waals surface area contributed by atoms with Crippen LogP contribution in [0.25, 0.3) is 0 Å². The van der Waals surface area contributed by atoms with Crippen molar-refractivity contribution < 1.29 is 5.11 Å². The summed E-state index contributed by atoms with van der Waals surface area (Å²) in [4.78, 5) is 3.74. The molecule has 17 heavy (non-hydrogen) atoms. The van der Waals surface area contributed by atoms with E-state index in [9.17, 15) is 0 Å². The number of hydrogen-bond acceptors (Lipinski definition) is 3. The molecule has 0 saturated heterocycles. The number of aromatic nitrogens is 1. The highest BCUT2D eigenvalue weighted by atomic mass is 32.1. The summed E-state index contributed by atoms with van der Waals surface area (Å²) in [6, 6.07) is 0. The van der Waals surface area contributed by atoms with Crippen LogP contribution in [0, 0.1) is 5.92 Å². The maximum Gasteiger partial charge on any atom is 0.0791 e. The normalized spacial score (nSPS) is 18.8. The van der Waals surface area contributed by atoms with E-state index in [0.29, 0.717) is 12.5 Å². The van der Waals surface area contributed by atoms with Crippen LogP contribution in [0.5, 0.6) is 0 Å². The van der Waals surface area contributed by atoms with Gasteiger partial charge in [-0.3, -0.25) is 4.98 Å². The van der Waals surface area contributed by atoms with Crippen LogP contribution in [-0.4, -0.2) is 16.7 Å². The molecule has 1 N–H and O–H groups in total. The molecule has 1 aromatic heterocycles. The number of thiazole rings is 1. The molecular weight excluding hydrogens is 230 g/mol. The van der Waals surface area contributed by atoms with Crippen molar-refractivity contribution >= 4 is 11.3 Å². The van der Waals surface area contributed by atoms with Crippen molar-refractivity contribution in [1.82, 2.24) is 4.98 Å². The second kappa shape index (κ2) is 10.5.